The summed E-state index contributed by atoms with van der Waals surface area (Å²) in [6.07, 6.45) is -1.10. The maximum atomic E-state index is 13.3. The molecule has 0 aliphatic carbocycles. The molecule has 3 aromatic rings. The van der Waals surface area contributed by atoms with Crippen LogP contribution < -0.4 is 14.2 Å². The van der Waals surface area contributed by atoms with Gasteiger partial charge in [-0.15, -0.1) is 11.3 Å². The molecule has 0 saturated carbocycles. The van der Waals surface area contributed by atoms with Gasteiger partial charge in [-0.2, -0.15) is 0 Å². The van der Waals surface area contributed by atoms with Crippen LogP contribution in [0.25, 0.3) is 10.4 Å². The lowest BCUT2D eigenvalue weighted by atomic mass is 10.0. The highest BCUT2D eigenvalue weighted by Crippen LogP contribution is 2.35. The van der Waals surface area contributed by atoms with Crippen LogP contribution in [-0.4, -0.2) is 33.1 Å². The minimum absolute atomic E-state index is 0.315. The van der Waals surface area contributed by atoms with Crippen LogP contribution in [0, 0.1) is 0 Å². The molecule has 0 fully saturated rings. The molecule has 1 aromatic heterocycles. The Morgan fingerprint density at radius 1 is 0.800 bits per heavy atom. The van der Waals surface area contributed by atoms with Crippen LogP contribution in [0.1, 0.15) is 28.3 Å². The van der Waals surface area contributed by atoms with Crippen molar-refractivity contribution in [2.75, 3.05) is 21.3 Å². The molecule has 3 rings (SSSR count). The number of hydrogen-bond acceptors (Lipinski definition) is 7. The first-order chi connectivity index (χ1) is 14.4. The van der Waals surface area contributed by atoms with Crippen molar-refractivity contribution in [2.45, 2.75) is 13.0 Å². The number of Topliss-reactive ketones (excluding diaryl/α,β-unsaturated/α-hetero) is 1. The molecule has 0 radical (unpaired) electrons. The molecular formula is C23H22O6S. The van der Waals surface area contributed by atoms with Gasteiger partial charge in [-0.1, -0.05) is 0 Å². The second-order valence-electron chi connectivity index (χ2n) is 6.39. The number of hydrogen-bond donors (Lipinski definition) is 0. The van der Waals surface area contributed by atoms with Crippen LogP contribution in [0.15, 0.2) is 54.6 Å². The Hall–Kier alpha value is -3.32. The van der Waals surface area contributed by atoms with Gasteiger partial charge >= 0.3 is 5.97 Å². The van der Waals surface area contributed by atoms with Gasteiger partial charge in [0.15, 0.2) is 6.10 Å². The van der Waals surface area contributed by atoms with E-state index in [1.54, 1.807) is 31.4 Å². The van der Waals surface area contributed by atoms with Gasteiger partial charge in [-0.25, -0.2) is 0 Å². The normalized spacial score (nSPS) is 11.5. The van der Waals surface area contributed by atoms with Gasteiger partial charge in [0, 0.05) is 23.4 Å². The quantitative estimate of drug-likeness (QED) is 0.376. The van der Waals surface area contributed by atoms with Crippen molar-refractivity contribution in [1.29, 1.82) is 0 Å². The van der Waals surface area contributed by atoms with Gasteiger partial charge in [-0.3, -0.25) is 9.59 Å². The Bertz CT molecular complexity index is 1020. The third-order valence-electron chi connectivity index (χ3n) is 4.42. The average molecular weight is 426 g/mol. The van der Waals surface area contributed by atoms with Gasteiger partial charge in [0.25, 0.3) is 0 Å². The first-order valence-electron chi connectivity index (χ1n) is 9.13. The van der Waals surface area contributed by atoms with E-state index in [1.165, 1.54) is 32.5 Å². The Balaban J connectivity index is 1.94. The fourth-order valence-electron chi connectivity index (χ4n) is 2.93. The largest absolute Gasteiger partial charge is 0.497 e. The van der Waals surface area contributed by atoms with E-state index < -0.39 is 12.1 Å². The van der Waals surface area contributed by atoms with Crippen molar-refractivity contribution in [3.8, 4) is 27.7 Å². The van der Waals surface area contributed by atoms with Crippen LogP contribution in [-0.2, 0) is 9.53 Å². The Labute approximate surface area is 179 Å². The Morgan fingerprint density at radius 2 is 1.40 bits per heavy atom. The molecule has 0 amide bonds. The van der Waals surface area contributed by atoms with Gasteiger partial charge < -0.3 is 18.9 Å². The lowest BCUT2D eigenvalue weighted by Gasteiger charge is -2.17. The van der Waals surface area contributed by atoms with Gasteiger partial charge in [0.05, 0.1) is 26.2 Å². The van der Waals surface area contributed by atoms with Crippen molar-refractivity contribution < 1.29 is 28.5 Å². The summed E-state index contributed by atoms with van der Waals surface area (Å²) in [5.41, 5.74) is 1.44. The maximum absolute atomic E-state index is 13.3. The van der Waals surface area contributed by atoms with Crippen LogP contribution in [0.3, 0.4) is 0 Å². The summed E-state index contributed by atoms with van der Waals surface area (Å²) in [6, 6.07) is 16.2. The van der Waals surface area contributed by atoms with Crippen LogP contribution in [0.2, 0.25) is 0 Å². The standard InChI is InChI=1S/C23H22O6S/c1-14(24)29-23(16-11-18(27-3)13-19(12-16)28-4)22(25)21-10-9-20(30-21)15-5-7-17(26-2)8-6-15/h5-13,23H,1-4H3. The van der Waals surface area contributed by atoms with E-state index in [0.717, 1.165) is 16.2 Å². The zero-order valence-corrected chi connectivity index (χ0v) is 17.9. The van der Waals surface area contributed by atoms with Crippen molar-refractivity contribution >= 4 is 23.1 Å². The van der Waals surface area contributed by atoms with E-state index in [9.17, 15) is 9.59 Å². The summed E-state index contributed by atoms with van der Waals surface area (Å²) in [5, 5.41) is 0. The summed E-state index contributed by atoms with van der Waals surface area (Å²) < 4.78 is 21.1. The summed E-state index contributed by atoms with van der Waals surface area (Å²) in [7, 11) is 4.64. The SMILES string of the molecule is COc1ccc(-c2ccc(C(=O)C(OC(C)=O)c3cc(OC)cc(OC)c3)s2)cc1. The maximum Gasteiger partial charge on any atom is 0.303 e. The van der Waals surface area contributed by atoms with E-state index in [-0.39, 0.29) is 5.78 Å². The zero-order valence-electron chi connectivity index (χ0n) is 17.1. The molecule has 1 atom stereocenters. The molecule has 0 aliphatic rings. The molecule has 30 heavy (non-hydrogen) atoms. The van der Waals surface area contributed by atoms with Gasteiger partial charge in [-0.05, 0) is 54.1 Å². The molecule has 0 bridgehead atoms. The number of carbonyl (C=O) groups excluding carboxylic acids is 2. The van der Waals surface area contributed by atoms with E-state index in [2.05, 4.69) is 0 Å². The monoisotopic (exact) mass is 426 g/mol. The Morgan fingerprint density at radius 3 is 1.93 bits per heavy atom. The van der Waals surface area contributed by atoms with Crippen molar-refractivity contribution in [1.82, 2.24) is 0 Å². The zero-order chi connectivity index (χ0) is 21.7. The molecular weight excluding hydrogens is 404 g/mol. The molecule has 1 unspecified atom stereocenters. The van der Waals surface area contributed by atoms with E-state index in [4.69, 9.17) is 18.9 Å². The molecule has 1 heterocycles. The summed E-state index contributed by atoms with van der Waals surface area (Å²) >= 11 is 1.33. The first-order valence-corrected chi connectivity index (χ1v) is 9.95. The van der Waals surface area contributed by atoms with Crippen LogP contribution in [0.4, 0.5) is 0 Å². The number of rotatable bonds is 8. The summed E-state index contributed by atoms with van der Waals surface area (Å²) in [6.45, 7) is 1.27. The number of esters is 1. The van der Waals surface area contributed by atoms with Crippen LogP contribution in [0.5, 0.6) is 17.2 Å². The average Bonchev–Trinajstić information content (AvgIpc) is 3.26. The predicted molar refractivity (Wildman–Crippen MR) is 115 cm³/mol. The summed E-state index contributed by atoms with van der Waals surface area (Å²) in [4.78, 5) is 26.4. The van der Waals surface area contributed by atoms with Crippen molar-refractivity contribution in [2.24, 2.45) is 0 Å². The minimum atomic E-state index is -1.10. The smallest absolute Gasteiger partial charge is 0.303 e. The molecule has 0 aliphatic heterocycles. The van der Waals surface area contributed by atoms with Crippen molar-refractivity contribution in [3.05, 3.63) is 65.0 Å². The molecule has 0 N–H and O–H groups in total. The molecule has 7 heteroatoms. The number of ketones is 1. The van der Waals surface area contributed by atoms with E-state index in [1.807, 2.05) is 30.3 Å². The number of methoxy groups -OCH3 is 3. The number of carbonyl (C=O) groups is 2. The van der Waals surface area contributed by atoms with Gasteiger partial charge in [0.2, 0.25) is 5.78 Å². The number of ether oxygens (including phenoxy) is 4. The molecule has 6 nitrogen and oxygen atoms in total. The topological polar surface area (TPSA) is 71.1 Å². The number of thiophene rings is 1. The third kappa shape index (κ3) is 4.80. The highest BCUT2D eigenvalue weighted by Gasteiger charge is 2.28. The first kappa shape index (κ1) is 21.4. The molecule has 156 valence electrons. The van der Waals surface area contributed by atoms with E-state index in [0.29, 0.717) is 21.9 Å². The second kappa shape index (κ2) is 9.45. The highest BCUT2D eigenvalue weighted by molar-refractivity contribution is 7.17. The predicted octanol–water partition coefficient (Wildman–Crippen LogP) is 4.93. The molecule has 2 aromatic carbocycles. The minimum Gasteiger partial charge on any atom is -0.497 e. The van der Waals surface area contributed by atoms with Crippen molar-refractivity contribution in [3.63, 3.8) is 0 Å². The Kier molecular flexibility index (Phi) is 6.74. The molecule has 0 spiro atoms. The third-order valence-corrected chi connectivity index (χ3v) is 5.57. The summed E-state index contributed by atoms with van der Waals surface area (Å²) in [5.74, 6) is 0.889. The molecule has 0 saturated heterocycles. The van der Waals surface area contributed by atoms with Crippen LogP contribution >= 0.6 is 11.3 Å². The lowest BCUT2D eigenvalue weighted by molar-refractivity contribution is -0.144. The second-order valence-corrected chi connectivity index (χ2v) is 7.48. The van der Waals surface area contributed by atoms with Gasteiger partial charge in [0.1, 0.15) is 17.2 Å². The lowest BCUT2D eigenvalue weighted by Crippen LogP contribution is -2.18. The van der Waals surface area contributed by atoms with E-state index >= 15 is 0 Å². The fraction of sp³-hybridized carbons (Fsp3) is 0.217. The fourth-order valence-corrected chi connectivity index (χ4v) is 3.90. The highest BCUT2D eigenvalue weighted by atomic mass is 32.1. The number of benzene rings is 2.